The smallest absolute Gasteiger partial charge is 0.322 e. The van der Waals surface area contributed by atoms with Crippen LogP contribution in [0.25, 0.3) is 10.9 Å². The summed E-state index contributed by atoms with van der Waals surface area (Å²) in [5.74, 6) is -0.159. The fourth-order valence-electron chi connectivity index (χ4n) is 2.40. The van der Waals surface area contributed by atoms with Gasteiger partial charge in [0.1, 0.15) is 0 Å². The Morgan fingerprint density at radius 2 is 1.76 bits per heavy atom. The maximum Gasteiger partial charge on any atom is 0.322 e. The van der Waals surface area contributed by atoms with Gasteiger partial charge in [-0.1, -0.05) is 47.5 Å². The van der Waals surface area contributed by atoms with Crippen molar-refractivity contribution in [2.24, 2.45) is 0 Å². The van der Waals surface area contributed by atoms with E-state index in [1.165, 1.54) is 0 Å². The van der Waals surface area contributed by atoms with E-state index in [1.807, 2.05) is 18.2 Å². The highest BCUT2D eigenvalue weighted by Crippen LogP contribution is 2.37. The molecule has 21 heavy (non-hydrogen) atoms. The molecule has 6 heteroatoms. The molecule has 0 aliphatic rings. The third kappa shape index (κ3) is 2.26. The average Bonchev–Trinajstić information content (AvgIpc) is 2.75. The number of para-hydroxylation sites is 1. The lowest BCUT2D eigenvalue weighted by Gasteiger charge is -2.08. The van der Waals surface area contributed by atoms with Crippen molar-refractivity contribution in [1.82, 2.24) is 4.57 Å². The Balaban J connectivity index is 2.25. The van der Waals surface area contributed by atoms with Crippen LogP contribution in [0.3, 0.4) is 0 Å². The minimum atomic E-state index is -0.159. The molecule has 2 aromatic carbocycles. The Hall–Kier alpha value is -2.04. The molecular formula is C15H11Cl2N2O2+. The molecule has 0 saturated carbocycles. The molecule has 0 aliphatic heterocycles. The molecular weight excluding hydrogens is 311 g/mol. The highest BCUT2D eigenvalue weighted by Gasteiger charge is 2.24. The number of aromatic hydroxyl groups is 1. The Bertz CT molecular complexity index is 843. The van der Waals surface area contributed by atoms with Gasteiger partial charge >= 0.3 is 5.69 Å². The van der Waals surface area contributed by atoms with E-state index in [0.717, 1.165) is 5.56 Å². The summed E-state index contributed by atoms with van der Waals surface area (Å²) >= 11 is 12.4. The van der Waals surface area contributed by atoms with E-state index < -0.39 is 0 Å². The summed E-state index contributed by atoms with van der Waals surface area (Å²) in [7, 11) is 0. The van der Waals surface area contributed by atoms with Gasteiger partial charge in [-0.3, -0.25) is 0 Å². The van der Waals surface area contributed by atoms with Gasteiger partial charge in [0.2, 0.25) is 0 Å². The lowest BCUT2D eigenvalue weighted by molar-refractivity contribution is -0.378. The quantitative estimate of drug-likeness (QED) is 0.778. The number of hydrogen-bond acceptors (Lipinski definition) is 2. The topological polar surface area (TPSA) is 56.2 Å². The summed E-state index contributed by atoms with van der Waals surface area (Å²) < 4.78 is 1.57. The van der Waals surface area contributed by atoms with E-state index in [4.69, 9.17) is 23.2 Å². The second kappa shape index (κ2) is 5.39. The van der Waals surface area contributed by atoms with Crippen molar-refractivity contribution >= 4 is 39.8 Å². The zero-order chi connectivity index (χ0) is 15.0. The molecule has 3 rings (SSSR count). The van der Waals surface area contributed by atoms with Gasteiger partial charge in [0.25, 0.3) is 5.88 Å². The van der Waals surface area contributed by atoms with E-state index >= 15 is 0 Å². The Morgan fingerprint density at radius 1 is 1.05 bits per heavy atom. The zero-order valence-electron chi connectivity index (χ0n) is 10.8. The maximum absolute atomic E-state index is 11.1. The van der Waals surface area contributed by atoms with Gasteiger partial charge in [-0.2, -0.15) is 0 Å². The normalized spacial score (nSPS) is 11.0. The second-order valence-corrected chi connectivity index (χ2v) is 5.43. The van der Waals surface area contributed by atoms with Crippen LogP contribution < -0.4 is 5.18 Å². The van der Waals surface area contributed by atoms with Crippen LogP contribution in [0.4, 0.5) is 5.69 Å². The van der Waals surface area contributed by atoms with E-state index in [0.29, 0.717) is 27.5 Å². The SMILES string of the molecule is O=[NH+]c1c(O)n(Cc2ccccc2Cl)c2c(Cl)cccc12. The van der Waals surface area contributed by atoms with Crippen molar-refractivity contribution < 1.29 is 10.3 Å². The number of fused-ring (bicyclic) bond motifs is 1. The molecule has 0 spiro atoms. The molecule has 0 atom stereocenters. The monoisotopic (exact) mass is 321 g/mol. The molecule has 4 nitrogen and oxygen atoms in total. The first-order valence-electron chi connectivity index (χ1n) is 6.24. The van der Waals surface area contributed by atoms with Crippen LogP contribution in [0.1, 0.15) is 5.56 Å². The van der Waals surface area contributed by atoms with Crippen LogP contribution in [0.15, 0.2) is 42.5 Å². The Labute approximate surface area is 130 Å². The van der Waals surface area contributed by atoms with Crippen molar-refractivity contribution in [3.05, 3.63) is 63.0 Å². The van der Waals surface area contributed by atoms with Crippen molar-refractivity contribution in [2.45, 2.75) is 6.54 Å². The number of rotatable bonds is 3. The first kappa shape index (κ1) is 13.9. The van der Waals surface area contributed by atoms with Gasteiger partial charge in [0.05, 0.1) is 22.5 Å². The minimum absolute atomic E-state index is 0.111. The van der Waals surface area contributed by atoms with Crippen LogP contribution >= 0.6 is 23.2 Å². The molecule has 0 unspecified atom stereocenters. The predicted molar refractivity (Wildman–Crippen MR) is 83.2 cm³/mol. The summed E-state index contributed by atoms with van der Waals surface area (Å²) in [6.45, 7) is 0.313. The molecule has 0 bridgehead atoms. The summed E-state index contributed by atoms with van der Waals surface area (Å²) in [5, 5.41) is 13.7. The number of hydrogen-bond donors (Lipinski definition) is 2. The summed E-state index contributed by atoms with van der Waals surface area (Å²) in [5.41, 5.74) is 1.53. The molecule has 2 N–H and O–H groups in total. The minimum Gasteiger partial charge on any atom is -0.490 e. The number of nitroso groups, excluding NO2 is 1. The van der Waals surface area contributed by atoms with Gasteiger partial charge in [-0.15, -0.1) is 0 Å². The van der Waals surface area contributed by atoms with Crippen LogP contribution in [0.2, 0.25) is 10.0 Å². The summed E-state index contributed by atoms with van der Waals surface area (Å²) in [4.78, 5) is 11.1. The van der Waals surface area contributed by atoms with E-state index in [-0.39, 0.29) is 11.6 Å². The predicted octanol–water partition coefficient (Wildman–Crippen LogP) is 3.18. The largest absolute Gasteiger partial charge is 0.490 e. The third-order valence-corrected chi connectivity index (χ3v) is 4.07. The fourth-order valence-corrected chi connectivity index (χ4v) is 2.88. The van der Waals surface area contributed by atoms with Crippen molar-refractivity contribution in [3.8, 4) is 5.88 Å². The maximum atomic E-state index is 11.1. The summed E-state index contributed by atoms with van der Waals surface area (Å²) in [6.07, 6.45) is 0. The highest BCUT2D eigenvalue weighted by atomic mass is 35.5. The molecule has 0 aliphatic carbocycles. The molecule has 0 radical (unpaired) electrons. The van der Waals surface area contributed by atoms with Crippen molar-refractivity contribution in [3.63, 3.8) is 0 Å². The molecule has 1 aromatic heterocycles. The number of benzene rings is 2. The molecule has 0 saturated heterocycles. The lowest BCUT2D eigenvalue weighted by Crippen LogP contribution is -2.55. The highest BCUT2D eigenvalue weighted by molar-refractivity contribution is 6.35. The van der Waals surface area contributed by atoms with Crippen LogP contribution in [0.5, 0.6) is 5.88 Å². The second-order valence-electron chi connectivity index (χ2n) is 4.61. The molecule has 3 aromatic rings. The lowest BCUT2D eigenvalue weighted by atomic mass is 10.2. The van der Waals surface area contributed by atoms with Gasteiger partial charge < -0.3 is 9.67 Å². The number of nitrogens with one attached hydrogen (secondary N) is 1. The van der Waals surface area contributed by atoms with Crippen molar-refractivity contribution in [1.29, 1.82) is 0 Å². The molecule has 0 amide bonds. The standard InChI is InChI=1S/C15H10Cl2N2O2/c16-11-6-2-1-4-9(11)8-19-14-10(5-3-7-12(14)17)13(18-21)15(19)20/h1-7,20H,8H2/p+1. The Kier molecular flexibility index (Phi) is 3.57. The van der Waals surface area contributed by atoms with Crippen LogP contribution in [-0.2, 0) is 6.54 Å². The first-order valence-corrected chi connectivity index (χ1v) is 7.00. The zero-order valence-corrected chi connectivity index (χ0v) is 12.3. The van der Waals surface area contributed by atoms with Crippen molar-refractivity contribution in [2.75, 3.05) is 0 Å². The van der Waals surface area contributed by atoms with Gasteiger partial charge in [0.15, 0.2) is 0 Å². The van der Waals surface area contributed by atoms with E-state index in [1.54, 1.807) is 34.0 Å². The van der Waals surface area contributed by atoms with Gasteiger partial charge in [-0.25, -0.2) is 0 Å². The fraction of sp³-hybridized carbons (Fsp3) is 0.0667. The Morgan fingerprint density at radius 3 is 2.48 bits per heavy atom. The molecule has 106 valence electrons. The van der Waals surface area contributed by atoms with Gasteiger partial charge in [-0.05, 0) is 23.8 Å². The van der Waals surface area contributed by atoms with Crippen LogP contribution in [0, 0.1) is 4.91 Å². The number of nitrogens with zero attached hydrogens (tertiary/aromatic N) is 1. The average molecular weight is 322 g/mol. The third-order valence-electron chi connectivity index (χ3n) is 3.39. The first-order chi connectivity index (χ1) is 10.1. The number of halogens is 2. The van der Waals surface area contributed by atoms with Gasteiger partial charge in [0, 0.05) is 15.1 Å². The number of aromatic nitrogens is 1. The van der Waals surface area contributed by atoms with E-state index in [9.17, 15) is 10.0 Å². The van der Waals surface area contributed by atoms with Crippen LogP contribution in [-0.4, -0.2) is 9.67 Å². The van der Waals surface area contributed by atoms with E-state index in [2.05, 4.69) is 0 Å². The molecule has 1 heterocycles. The summed E-state index contributed by atoms with van der Waals surface area (Å²) in [6, 6.07) is 12.5. The molecule has 0 fully saturated rings.